The quantitative estimate of drug-likeness (QED) is 0.716. The summed E-state index contributed by atoms with van der Waals surface area (Å²) >= 11 is 0. The number of amides is 1. The maximum Gasteiger partial charge on any atom is 0.258 e. The van der Waals surface area contributed by atoms with Gasteiger partial charge in [0.05, 0.1) is 10.9 Å². The van der Waals surface area contributed by atoms with Crippen LogP contribution in [0.2, 0.25) is 0 Å². The average Bonchev–Trinajstić information content (AvgIpc) is 2.61. The van der Waals surface area contributed by atoms with E-state index >= 15 is 0 Å². The number of hydrogen-bond acceptors (Lipinski definition) is 4. The predicted octanol–water partition coefficient (Wildman–Crippen LogP) is 1.80. The number of nitrogens with one attached hydrogen (secondary N) is 2. The summed E-state index contributed by atoms with van der Waals surface area (Å²) in [5.74, 6) is 0.238. The summed E-state index contributed by atoms with van der Waals surface area (Å²) in [7, 11) is 0. The van der Waals surface area contributed by atoms with Crippen LogP contribution in [0.1, 0.15) is 5.82 Å². The number of aromatic nitrogens is 2. The first-order valence-corrected chi connectivity index (χ1v) is 7.75. The molecule has 0 saturated heterocycles. The van der Waals surface area contributed by atoms with Crippen molar-refractivity contribution in [2.45, 2.75) is 6.42 Å². The molecule has 0 saturated carbocycles. The van der Waals surface area contributed by atoms with E-state index in [1.54, 1.807) is 18.2 Å². The van der Waals surface area contributed by atoms with Gasteiger partial charge < -0.3 is 15.0 Å². The highest BCUT2D eigenvalue weighted by atomic mass is 19.1. The topological polar surface area (TPSA) is 84.1 Å². The van der Waals surface area contributed by atoms with Crippen molar-refractivity contribution in [2.75, 3.05) is 13.2 Å². The zero-order valence-corrected chi connectivity index (χ0v) is 13.3. The van der Waals surface area contributed by atoms with E-state index in [0.29, 0.717) is 35.4 Å². The number of H-pyrrole nitrogens is 1. The molecule has 0 fully saturated rings. The van der Waals surface area contributed by atoms with Gasteiger partial charge in [-0.1, -0.05) is 12.1 Å². The SMILES string of the molecule is O=C(COc1ccc(F)cc1)NCCc1nc2ccccc2c(=O)[nH]1. The summed E-state index contributed by atoms with van der Waals surface area (Å²) < 4.78 is 18.0. The lowest BCUT2D eigenvalue weighted by Gasteiger charge is -2.07. The highest BCUT2D eigenvalue weighted by Crippen LogP contribution is 2.10. The molecule has 3 rings (SSSR count). The molecule has 2 N–H and O–H groups in total. The van der Waals surface area contributed by atoms with Gasteiger partial charge in [-0.05, 0) is 36.4 Å². The van der Waals surface area contributed by atoms with Crippen molar-refractivity contribution in [2.24, 2.45) is 0 Å². The number of ether oxygens (including phenoxy) is 1. The van der Waals surface area contributed by atoms with E-state index in [4.69, 9.17) is 4.74 Å². The Kier molecular flexibility index (Phi) is 5.03. The Morgan fingerprint density at radius 2 is 1.92 bits per heavy atom. The van der Waals surface area contributed by atoms with Crippen LogP contribution in [-0.4, -0.2) is 29.0 Å². The minimum Gasteiger partial charge on any atom is -0.484 e. The predicted molar refractivity (Wildman–Crippen MR) is 91.0 cm³/mol. The molecule has 0 radical (unpaired) electrons. The monoisotopic (exact) mass is 341 g/mol. The zero-order valence-electron chi connectivity index (χ0n) is 13.3. The Morgan fingerprint density at radius 3 is 2.72 bits per heavy atom. The molecule has 128 valence electrons. The van der Waals surface area contributed by atoms with Crippen molar-refractivity contribution in [1.29, 1.82) is 0 Å². The molecule has 25 heavy (non-hydrogen) atoms. The third kappa shape index (κ3) is 4.41. The van der Waals surface area contributed by atoms with E-state index in [9.17, 15) is 14.0 Å². The molecule has 1 amide bonds. The van der Waals surface area contributed by atoms with Crippen molar-refractivity contribution < 1.29 is 13.9 Å². The number of hydrogen-bond donors (Lipinski definition) is 2. The highest BCUT2D eigenvalue weighted by Gasteiger charge is 2.06. The molecular weight excluding hydrogens is 325 g/mol. The third-order valence-corrected chi connectivity index (χ3v) is 3.53. The fourth-order valence-corrected chi connectivity index (χ4v) is 2.30. The fourth-order valence-electron chi connectivity index (χ4n) is 2.30. The lowest BCUT2D eigenvalue weighted by Crippen LogP contribution is -2.31. The van der Waals surface area contributed by atoms with Gasteiger partial charge in [0.15, 0.2) is 6.61 Å². The summed E-state index contributed by atoms with van der Waals surface area (Å²) in [5, 5.41) is 3.21. The van der Waals surface area contributed by atoms with Gasteiger partial charge in [-0.2, -0.15) is 0 Å². The summed E-state index contributed by atoms with van der Waals surface area (Å²) in [6, 6.07) is 12.5. The number of aromatic amines is 1. The summed E-state index contributed by atoms with van der Waals surface area (Å²) in [5.41, 5.74) is 0.416. The van der Waals surface area contributed by atoms with Gasteiger partial charge in [-0.25, -0.2) is 9.37 Å². The second-order valence-corrected chi connectivity index (χ2v) is 5.37. The standard InChI is InChI=1S/C18H16FN3O3/c19-12-5-7-13(8-6-12)25-11-17(23)20-10-9-16-21-15-4-2-1-3-14(15)18(24)22-16/h1-8H,9-11H2,(H,20,23)(H,21,22,24). The Bertz CT molecular complexity index is 938. The van der Waals surface area contributed by atoms with Gasteiger partial charge in [-0.3, -0.25) is 9.59 Å². The second kappa shape index (κ2) is 7.57. The fraction of sp³-hybridized carbons (Fsp3) is 0.167. The molecule has 0 unspecified atom stereocenters. The van der Waals surface area contributed by atoms with E-state index < -0.39 is 0 Å². The van der Waals surface area contributed by atoms with Crippen LogP contribution in [0.15, 0.2) is 53.3 Å². The molecule has 0 spiro atoms. The Balaban J connectivity index is 1.50. The van der Waals surface area contributed by atoms with E-state index in [-0.39, 0.29) is 23.9 Å². The van der Waals surface area contributed by atoms with E-state index in [0.717, 1.165) is 0 Å². The number of fused-ring (bicyclic) bond motifs is 1. The van der Waals surface area contributed by atoms with Crippen molar-refractivity contribution in [3.05, 3.63) is 70.5 Å². The number of halogens is 1. The molecule has 0 bridgehead atoms. The van der Waals surface area contributed by atoms with E-state index in [1.807, 2.05) is 6.07 Å². The van der Waals surface area contributed by atoms with Crippen molar-refractivity contribution in [3.63, 3.8) is 0 Å². The van der Waals surface area contributed by atoms with Crippen LogP contribution in [0.5, 0.6) is 5.75 Å². The molecule has 0 aliphatic carbocycles. The maximum absolute atomic E-state index is 12.8. The molecule has 3 aromatic rings. The maximum atomic E-state index is 12.8. The summed E-state index contributed by atoms with van der Waals surface area (Å²) in [6.07, 6.45) is 0.391. The minimum atomic E-state index is -0.367. The molecule has 2 aromatic carbocycles. The minimum absolute atomic E-state index is 0.173. The van der Waals surface area contributed by atoms with E-state index in [2.05, 4.69) is 15.3 Å². The third-order valence-electron chi connectivity index (χ3n) is 3.53. The van der Waals surface area contributed by atoms with Gasteiger partial charge in [0.2, 0.25) is 0 Å². The lowest BCUT2D eigenvalue weighted by atomic mass is 10.2. The average molecular weight is 341 g/mol. The van der Waals surface area contributed by atoms with Gasteiger partial charge in [0, 0.05) is 13.0 Å². The normalized spacial score (nSPS) is 10.6. The molecule has 0 aliphatic heterocycles. The molecule has 0 aliphatic rings. The first-order chi connectivity index (χ1) is 12.1. The number of para-hydroxylation sites is 1. The Labute approximate surface area is 142 Å². The van der Waals surface area contributed by atoms with Crippen molar-refractivity contribution >= 4 is 16.8 Å². The van der Waals surface area contributed by atoms with Crippen LogP contribution in [-0.2, 0) is 11.2 Å². The zero-order chi connectivity index (χ0) is 17.6. The second-order valence-electron chi connectivity index (χ2n) is 5.37. The number of carbonyl (C=O) groups is 1. The Hall–Kier alpha value is -3.22. The number of carbonyl (C=O) groups excluding carboxylic acids is 1. The van der Waals surface area contributed by atoms with Gasteiger partial charge in [0.1, 0.15) is 17.4 Å². The van der Waals surface area contributed by atoms with E-state index in [1.165, 1.54) is 24.3 Å². The largest absolute Gasteiger partial charge is 0.484 e. The van der Waals surface area contributed by atoms with Crippen LogP contribution in [0, 0.1) is 5.82 Å². The van der Waals surface area contributed by atoms with Crippen molar-refractivity contribution in [3.8, 4) is 5.75 Å². The van der Waals surface area contributed by atoms with Crippen LogP contribution in [0.25, 0.3) is 10.9 Å². The lowest BCUT2D eigenvalue weighted by molar-refractivity contribution is -0.123. The number of nitrogens with zero attached hydrogens (tertiary/aromatic N) is 1. The van der Waals surface area contributed by atoms with Crippen molar-refractivity contribution in [1.82, 2.24) is 15.3 Å². The molecule has 6 nitrogen and oxygen atoms in total. The van der Waals surface area contributed by atoms with Crippen LogP contribution >= 0.6 is 0 Å². The molecule has 1 aromatic heterocycles. The first-order valence-electron chi connectivity index (χ1n) is 7.75. The summed E-state index contributed by atoms with van der Waals surface area (Å²) in [4.78, 5) is 30.8. The van der Waals surface area contributed by atoms with Gasteiger partial charge in [-0.15, -0.1) is 0 Å². The Morgan fingerprint density at radius 1 is 1.16 bits per heavy atom. The van der Waals surface area contributed by atoms with Crippen LogP contribution in [0.4, 0.5) is 4.39 Å². The summed E-state index contributed by atoms with van der Waals surface area (Å²) in [6.45, 7) is 0.139. The molecule has 1 heterocycles. The highest BCUT2D eigenvalue weighted by molar-refractivity contribution is 5.78. The molecule has 7 heteroatoms. The van der Waals surface area contributed by atoms with Crippen LogP contribution in [0.3, 0.4) is 0 Å². The van der Waals surface area contributed by atoms with Crippen LogP contribution < -0.4 is 15.6 Å². The van der Waals surface area contributed by atoms with Gasteiger partial charge >= 0.3 is 0 Å². The molecular formula is C18H16FN3O3. The first kappa shape index (κ1) is 16.6. The smallest absolute Gasteiger partial charge is 0.258 e. The number of rotatable bonds is 6. The van der Waals surface area contributed by atoms with Gasteiger partial charge in [0.25, 0.3) is 11.5 Å². The number of benzene rings is 2. The molecule has 0 atom stereocenters.